The summed E-state index contributed by atoms with van der Waals surface area (Å²) in [6.07, 6.45) is 0. The number of alkyl halides is 1. The van der Waals surface area contributed by atoms with E-state index in [1.54, 1.807) is 14.2 Å². The van der Waals surface area contributed by atoms with Gasteiger partial charge in [-0.15, -0.1) is 11.6 Å². The molecule has 0 radical (unpaired) electrons. The van der Waals surface area contributed by atoms with Crippen molar-refractivity contribution >= 4 is 22.6 Å². The average Bonchev–Trinajstić information content (AvgIpc) is 2.77. The van der Waals surface area contributed by atoms with E-state index < -0.39 is 0 Å². The van der Waals surface area contributed by atoms with Crippen molar-refractivity contribution in [1.29, 1.82) is 0 Å². The van der Waals surface area contributed by atoms with E-state index in [9.17, 15) is 0 Å². The van der Waals surface area contributed by atoms with E-state index in [4.69, 9.17) is 21.1 Å². The normalized spacial score (nSPS) is 12.8. The highest BCUT2D eigenvalue weighted by Gasteiger charge is 2.15. The summed E-state index contributed by atoms with van der Waals surface area (Å²) in [5.74, 6) is 2.43. The maximum absolute atomic E-state index is 6.00. The van der Waals surface area contributed by atoms with Gasteiger partial charge in [0.15, 0.2) is 0 Å². The van der Waals surface area contributed by atoms with Crippen LogP contribution >= 0.6 is 11.6 Å². The first-order valence-electron chi connectivity index (χ1n) is 6.28. The Hall–Kier alpha value is -1.26. The van der Waals surface area contributed by atoms with Gasteiger partial charge in [0.05, 0.1) is 25.1 Å². The molecule has 1 aromatic carbocycles. The Morgan fingerprint density at radius 2 is 2.16 bits per heavy atom. The Labute approximate surface area is 118 Å². The Bertz CT molecular complexity index is 554. The van der Waals surface area contributed by atoms with Gasteiger partial charge >= 0.3 is 0 Å². The molecule has 0 fully saturated rings. The molecule has 1 aromatic heterocycles. The standard InChI is InChI=1S/C14H19ClN2O2/c1-10(9-18-2)8-17-11-5-4-6-12(19-3)14(11)16-13(17)7-15/h4-6,10H,7-9H2,1-3H3. The molecule has 0 spiro atoms. The Balaban J connectivity index is 2.46. The minimum Gasteiger partial charge on any atom is -0.494 e. The summed E-state index contributed by atoms with van der Waals surface area (Å²) in [7, 11) is 3.37. The van der Waals surface area contributed by atoms with Crippen molar-refractivity contribution in [3.8, 4) is 5.75 Å². The molecule has 0 amide bonds. The van der Waals surface area contributed by atoms with Crippen molar-refractivity contribution in [3.05, 3.63) is 24.0 Å². The molecule has 5 heteroatoms. The fourth-order valence-electron chi connectivity index (χ4n) is 2.29. The van der Waals surface area contributed by atoms with E-state index in [1.807, 2.05) is 18.2 Å². The molecule has 0 aliphatic carbocycles. The second-order valence-corrected chi connectivity index (χ2v) is 4.93. The zero-order valence-corrected chi connectivity index (χ0v) is 12.3. The first kappa shape index (κ1) is 14.2. The summed E-state index contributed by atoms with van der Waals surface area (Å²) in [6, 6.07) is 5.93. The van der Waals surface area contributed by atoms with Gasteiger partial charge in [0.2, 0.25) is 0 Å². The van der Waals surface area contributed by atoms with Gasteiger partial charge in [0.1, 0.15) is 17.1 Å². The third kappa shape index (κ3) is 2.85. The van der Waals surface area contributed by atoms with Gasteiger partial charge in [-0.05, 0) is 18.1 Å². The van der Waals surface area contributed by atoms with Crippen LogP contribution in [0, 0.1) is 5.92 Å². The van der Waals surface area contributed by atoms with Crippen molar-refractivity contribution < 1.29 is 9.47 Å². The summed E-state index contributed by atoms with van der Waals surface area (Å²) < 4.78 is 12.7. The van der Waals surface area contributed by atoms with Crippen molar-refractivity contribution in [2.24, 2.45) is 5.92 Å². The van der Waals surface area contributed by atoms with Gasteiger partial charge < -0.3 is 14.0 Å². The zero-order chi connectivity index (χ0) is 13.8. The summed E-state index contributed by atoms with van der Waals surface area (Å²) in [4.78, 5) is 4.58. The number of nitrogens with zero attached hydrogens (tertiary/aromatic N) is 2. The lowest BCUT2D eigenvalue weighted by molar-refractivity contribution is 0.151. The molecule has 0 aliphatic heterocycles. The van der Waals surface area contributed by atoms with E-state index in [-0.39, 0.29) is 0 Å². The molecule has 2 aromatic rings. The molecule has 2 rings (SSSR count). The fourth-order valence-corrected chi connectivity index (χ4v) is 2.49. The van der Waals surface area contributed by atoms with E-state index in [2.05, 4.69) is 16.5 Å². The number of hydrogen-bond acceptors (Lipinski definition) is 3. The van der Waals surface area contributed by atoms with Crippen LogP contribution in [0.2, 0.25) is 0 Å². The molecular weight excluding hydrogens is 264 g/mol. The molecule has 1 heterocycles. The first-order chi connectivity index (χ1) is 9.21. The number of rotatable bonds is 6. The van der Waals surface area contributed by atoms with Crippen LogP contribution in [-0.2, 0) is 17.2 Å². The predicted octanol–water partition coefficient (Wildman–Crippen LogP) is 3.07. The number of benzene rings is 1. The van der Waals surface area contributed by atoms with Crippen molar-refractivity contribution in [3.63, 3.8) is 0 Å². The highest BCUT2D eigenvalue weighted by molar-refractivity contribution is 6.16. The second-order valence-electron chi connectivity index (χ2n) is 4.66. The van der Waals surface area contributed by atoms with Crippen LogP contribution < -0.4 is 4.74 Å². The minimum atomic E-state index is 0.386. The van der Waals surface area contributed by atoms with E-state index in [1.165, 1.54) is 0 Å². The summed E-state index contributed by atoms with van der Waals surface area (Å²) >= 11 is 6.00. The lowest BCUT2D eigenvalue weighted by atomic mass is 10.2. The average molecular weight is 283 g/mol. The lowest BCUT2D eigenvalue weighted by Gasteiger charge is -2.14. The van der Waals surface area contributed by atoms with Crippen molar-refractivity contribution in [1.82, 2.24) is 9.55 Å². The van der Waals surface area contributed by atoms with Crippen LogP contribution in [0.4, 0.5) is 0 Å². The second kappa shape index (κ2) is 6.26. The quantitative estimate of drug-likeness (QED) is 0.764. The van der Waals surface area contributed by atoms with Crippen LogP contribution in [0.15, 0.2) is 18.2 Å². The van der Waals surface area contributed by atoms with Gasteiger partial charge in [-0.3, -0.25) is 0 Å². The highest BCUT2D eigenvalue weighted by atomic mass is 35.5. The predicted molar refractivity (Wildman–Crippen MR) is 76.9 cm³/mol. The maximum Gasteiger partial charge on any atom is 0.146 e. The molecule has 1 atom stereocenters. The maximum atomic E-state index is 6.00. The third-order valence-electron chi connectivity index (χ3n) is 3.11. The monoisotopic (exact) mass is 282 g/mol. The Morgan fingerprint density at radius 3 is 2.79 bits per heavy atom. The molecule has 0 saturated heterocycles. The SMILES string of the molecule is COCC(C)Cn1c(CCl)nc2c(OC)cccc21. The smallest absolute Gasteiger partial charge is 0.146 e. The number of hydrogen-bond donors (Lipinski definition) is 0. The Morgan fingerprint density at radius 1 is 1.37 bits per heavy atom. The molecule has 4 nitrogen and oxygen atoms in total. The van der Waals surface area contributed by atoms with Crippen LogP contribution in [-0.4, -0.2) is 30.4 Å². The lowest BCUT2D eigenvalue weighted by Crippen LogP contribution is -2.14. The van der Waals surface area contributed by atoms with E-state index in [0.29, 0.717) is 18.4 Å². The first-order valence-corrected chi connectivity index (χ1v) is 6.81. The number of ether oxygens (including phenoxy) is 2. The van der Waals surface area contributed by atoms with Crippen molar-refractivity contribution in [2.45, 2.75) is 19.3 Å². The minimum absolute atomic E-state index is 0.386. The number of methoxy groups -OCH3 is 2. The Kier molecular flexibility index (Phi) is 4.66. The summed E-state index contributed by atoms with van der Waals surface area (Å²) in [6.45, 7) is 3.69. The van der Waals surface area contributed by atoms with Crippen LogP contribution in [0.5, 0.6) is 5.75 Å². The molecule has 104 valence electrons. The van der Waals surface area contributed by atoms with Crippen molar-refractivity contribution in [2.75, 3.05) is 20.8 Å². The van der Waals surface area contributed by atoms with E-state index >= 15 is 0 Å². The largest absolute Gasteiger partial charge is 0.494 e. The molecule has 19 heavy (non-hydrogen) atoms. The van der Waals surface area contributed by atoms with Crippen LogP contribution in [0.3, 0.4) is 0 Å². The number of halogens is 1. The van der Waals surface area contributed by atoms with Gasteiger partial charge in [-0.2, -0.15) is 0 Å². The third-order valence-corrected chi connectivity index (χ3v) is 3.34. The molecule has 0 aliphatic rings. The fraction of sp³-hybridized carbons (Fsp3) is 0.500. The number of imidazole rings is 1. The molecule has 0 bridgehead atoms. The molecule has 0 saturated carbocycles. The van der Waals surface area contributed by atoms with E-state index in [0.717, 1.165) is 29.2 Å². The highest BCUT2D eigenvalue weighted by Crippen LogP contribution is 2.27. The molecule has 0 N–H and O–H groups in total. The number of aromatic nitrogens is 2. The topological polar surface area (TPSA) is 36.3 Å². The summed E-state index contributed by atoms with van der Waals surface area (Å²) in [5.41, 5.74) is 1.92. The number of para-hydroxylation sites is 1. The van der Waals surface area contributed by atoms with Crippen LogP contribution in [0.1, 0.15) is 12.7 Å². The molecular formula is C14H19ClN2O2. The zero-order valence-electron chi connectivity index (χ0n) is 11.5. The van der Waals surface area contributed by atoms with Crippen LogP contribution in [0.25, 0.3) is 11.0 Å². The summed E-state index contributed by atoms with van der Waals surface area (Å²) in [5, 5.41) is 0. The van der Waals surface area contributed by atoms with Gasteiger partial charge in [0, 0.05) is 13.7 Å². The van der Waals surface area contributed by atoms with Gasteiger partial charge in [0.25, 0.3) is 0 Å². The molecule has 1 unspecified atom stereocenters. The van der Waals surface area contributed by atoms with Gasteiger partial charge in [-0.25, -0.2) is 4.98 Å². The van der Waals surface area contributed by atoms with Gasteiger partial charge in [-0.1, -0.05) is 13.0 Å². The number of fused-ring (bicyclic) bond motifs is 1.